The summed E-state index contributed by atoms with van der Waals surface area (Å²) in [4.78, 5) is 17.0. The molecule has 0 saturated carbocycles. The first-order valence-electron chi connectivity index (χ1n) is 9.43. The smallest absolute Gasteiger partial charge is 0.253 e. The lowest BCUT2D eigenvalue weighted by Crippen LogP contribution is -2.48. The minimum Gasteiger partial charge on any atom is -0.497 e. The van der Waals surface area contributed by atoms with Crippen LogP contribution in [0, 0.1) is 6.92 Å². The van der Waals surface area contributed by atoms with Gasteiger partial charge in [0, 0.05) is 44.5 Å². The Morgan fingerprint density at radius 2 is 1.66 bits per heavy atom. The fourth-order valence-corrected chi connectivity index (χ4v) is 4.03. The molecule has 29 heavy (non-hydrogen) atoms. The van der Waals surface area contributed by atoms with Crippen LogP contribution in [-0.4, -0.2) is 65.8 Å². The number of nitrogens with zero attached hydrogens (tertiary/aromatic N) is 3. The molecule has 1 aliphatic rings. The summed E-state index contributed by atoms with van der Waals surface area (Å²) in [7, 11) is -0.187. The molecule has 0 aliphatic carbocycles. The van der Waals surface area contributed by atoms with E-state index in [0.29, 0.717) is 24.3 Å². The molecular weight excluding hydrogens is 390 g/mol. The van der Waals surface area contributed by atoms with E-state index in [-0.39, 0.29) is 5.91 Å². The number of carbonyl (C=O) groups excluding carboxylic acids is 1. The van der Waals surface area contributed by atoms with E-state index in [1.54, 1.807) is 25.3 Å². The lowest BCUT2D eigenvalue weighted by molar-refractivity contribution is 0.0746. The zero-order valence-corrected chi connectivity index (χ0v) is 18.1. The molecule has 0 radical (unpaired) electrons. The van der Waals surface area contributed by atoms with Gasteiger partial charge in [-0.3, -0.25) is 9.10 Å². The van der Waals surface area contributed by atoms with E-state index < -0.39 is 10.0 Å². The van der Waals surface area contributed by atoms with Crippen molar-refractivity contribution < 1.29 is 17.9 Å². The molecule has 0 bridgehead atoms. The van der Waals surface area contributed by atoms with Gasteiger partial charge in [0.15, 0.2) is 0 Å². The van der Waals surface area contributed by atoms with Gasteiger partial charge < -0.3 is 14.5 Å². The number of benzene rings is 2. The Kier molecular flexibility index (Phi) is 6.02. The van der Waals surface area contributed by atoms with Crippen LogP contribution in [0.4, 0.5) is 11.4 Å². The second-order valence-electron chi connectivity index (χ2n) is 7.21. The van der Waals surface area contributed by atoms with Gasteiger partial charge in [0.05, 0.1) is 19.1 Å². The number of carbonyl (C=O) groups is 1. The average molecular weight is 418 g/mol. The highest BCUT2D eigenvalue weighted by Crippen LogP contribution is 2.24. The van der Waals surface area contributed by atoms with Crippen LogP contribution in [0.1, 0.15) is 15.9 Å². The summed E-state index contributed by atoms with van der Waals surface area (Å²) < 4.78 is 30.0. The number of hydrogen-bond donors (Lipinski definition) is 0. The summed E-state index contributed by atoms with van der Waals surface area (Å²) in [5, 5.41) is 0. The van der Waals surface area contributed by atoms with Crippen molar-refractivity contribution in [2.24, 2.45) is 0 Å². The summed E-state index contributed by atoms with van der Waals surface area (Å²) in [5.74, 6) is 0.791. The molecule has 0 spiro atoms. The third-order valence-electron chi connectivity index (χ3n) is 5.28. The number of methoxy groups -OCH3 is 1. The Labute approximate surface area is 172 Å². The third-order valence-corrected chi connectivity index (χ3v) is 6.48. The molecule has 0 aromatic heterocycles. The van der Waals surface area contributed by atoms with Crippen molar-refractivity contribution in [3.63, 3.8) is 0 Å². The molecule has 1 aliphatic heterocycles. The van der Waals surface area contributed by atoms with E-state index in [1.165, 1.54) is 11.4 Å². The second-order valence-corrected chi connectivity index (χ2v) is 9.22. The summed E-state index contributed by atoms with van der Waals surface area (Å²) >= 11 is 0. The molecule has 0 N–H and O–H groups in total. The number of anilines is 2. The molecule has 1 fully saturated rings. The van der Waals surface area contributed by atoms with Crippen LogP contribution in [0.2, 0.25) is 0 Å². The topological polar surface area (TPSA) is 70.2 Å². The highest BCUT2D eigenvalue weighted by molar-refractivity contribution is 7.92. The Balaban J connectivity index is 1.66. The quantitative estimate of drug-likeness (QED) is 0.747. The van der Waals surface area contributed by atoms with Gasteiger partial charge in [-0.2, -0.15) is 0 Å². The molecule has 1 saturated heterocycles. The number of amides is 1. The van der Waals surface area contributed by atoms with Gasteiger partial charge in [-0.05, 0) is 55.0 Å². The zero-order chi connectivity index (χ0) is 21.2. The number of hydrogen-bond acceptors (Lipinski definition) is 5. The number of ether oxygens (including phenoxy) is 1. The maximum atomic E-state index is 12.9. The number of rotatable bonds is 5. The molecule has 2 aromatic rings. The molecule has 8 heteroatoms. The molecule has 1 amide bonds. The van der Waals surface area contributed by atoms with Crippen molar-refractivity contribution >= 4 is 27.3 Å². The van der Waals surface area contributed by atoms with Gasteiger partial charge in [0.1, 0.15) is 5.75 Å². The van der Waals surface area contributed by atoms with E-state index >= 15 is 0 Å². The Morgan fingerprint density at radius 1 is 1.03 bits per heavy atom. The maximum absolute atomic E-state index is 12.9. The van der Waals surface area contributed by atoms with Gasteiger partial charge >= 0.3 is 0 Å². The molecule has 2 aromatic carbocycles. The van der Waals surface area contributed by atoms with E-state index in [0.717, 1.165) is 36.3 Å². The SMILES string of the molecule is COc1ccc(N2CCN(C(=O)c3ccc(N(C)S(C)(=O)=O)c(C)c3)CC2)cc1. The molecule has 3 rings (SSSR count). The van der Waals surface area contributed by atoms with E-state index in [2.05, 4.69) is 4.90 Å². The first kappa shape index (κ1) is 21.0. The van der Waals surface area contributed by atoms with Crippen LogP contribution in [0.25, 0.3) is 0 Å². The number of piperazine rings is 1. The standard InChI is InChI=1S/C21H27N3O4S/c1-16-15-17(5-10-20(16)22(2)29(4,26)27)21(25)24-13-11-23(12-14-24)18-6-8-19(28-3)9-7-18/h5-10,15H,11-14H2,1-4H3. The summed E-state index contributed by atoms with van der Waals surface area (Å²) in [5.41, 5.74) is 3.02. The summed E-state index contributed by atoms with van der Waals surface area (Å²) in [6, 6.07) is 13.1. The molecule has 0 atom stereocenters. The van der Waals surface area contributed by atoms with E-state index in [9.17, 15) is 13.2 Å². The maximum Gasteiger partial charge on any atom is 0.253 e. The first-order valence-corrected chi connectivity index (χ1v) is 11.3. The van der Waals surface area contributed by atoms with Crippen molar-refractivity contribution in [3.8, 4) is 5.75 Å². The number of sulfonamides is 1. The minimum atomic E-state index is -3.34. The first-order chi connectivity index (χ1) is 13.7. The third kappa shape index (κ3) is 4.64. The van der Waals surface area contributed by atoms with Gasteiger partial charge in [-0.15, -0.1) is 0 Å². The zero-order valence-electron chi connectivity index (χ0n) is 17.3. The lowest BCUT2D eigenvalue weighted by Gasteiger charge is -2.36. The van der Waals surface area contributed by atoms with Crippen LogP contribution < -0.4 is 13.9 Å². The lowest BCUT2D eigenvalue weighted by atomic mass is 10.1. The predicted octanol–water partition coefficient (Wildman–Crippen LogP) is 2.36. The summed E-state index contributed by atoms with van der Waals surface area (Å²) in [6.07, 6.45) is 1.16. The van der Waals surface area contributed by atoms with Gasteiger partial charge in [-0.25, -0.2) is 8.42 Å². The van der Waals surface area contributed by atoms with Crippen LogP contribution >= 0.6 is 0 Å². The molecule has 156 valence electrons. The monoisotopic (exact) mass is 417 g/mol. The average Bonchev–Trinajstić information content (AvgIpc) is 2.72. The minimum absolute atomic E-state index is 0.0314. The molecule has 0 unspecified atom stereocenters. The summed E-state index contributed by atoms with van der Waals surface area (Å²) in [6.45, 7) is 4.59. The van der Waals surface area contributed by atoms with Crippen molar-refractivity contribution in [2.45, 2.75) is 6.92 Å². The van der Waals surface area contributed by atoms with E-state index in [1.807, 2.05) is 36.1 Å². The molecule has 1 heterocycles. The van der Waals surface area contributed by atoms with Crippen molar-refractivity contribution in [3.05, 3.63) is 53.6 Å². The number of aryl methyl sites for hydroxylation is 1. The van der Waals surface area contributed by atoms with Crippen molar-refractivity contribution in [2.75, 3.05) is 55.8 Å². The molecule has 7 nitrogen and oxygen atoms in total. The normalized spacial score (nSPS) is 14.6. The van der Waals surface area contributed by atoms with E-state index in [4.69, 9.17) is 4.74 Å². The van der Waals surface area contributed by atoms with Crippen molar-refractivity contribution in [1.82, 2.24) is 4.90 Å². The highest BCUT2D eigenvalue weighted by Gasteiger charge is 2.23. The van der Waals surface area contributed by atoms with Gasteiger partial charge in [-0.1, -0.05) is 0 Å². The largest absolute Gasteiger partial charge is 0.497 e. The predicted molar refractivity (Wildman–Crippen MR) is 116 cm³/mol. The molecular formula is C21H27N3O4S. The van der Waals surface area contributed by atoms with Crippen LogP contribution in [0.15, 0.2) is 42.5 Å². The Morgan fingerprint density at radius 3 is 2.17 bits per heavy atom. The van der Waals surface area contributed by atoms with Crippen LogP contribution in [0.3, 0.4) is 0 Å². The van der Waals surface area contributed by atoms with Gasteiger partial charge in [0.25, 0.3) is 5.91 Å². The second kappa shape index (κ2) is 8.32. The van der Waals surface area contributed by atoms with Crippen LogP contribution in [-0.2, 0) is 10.0 Å². The highest BCUT2D eigenvalue weighted by atomic mass is 32.2. The fraction of sp³-hybridized carbons (Fsp3) is 0.381. The fourth-order valence-electron chi connectivity index (χ4n) is 3.46. The Hall–Kier alpha value is -2.74. The Bertz CT molecular complexity index is 981. The van der Waals surface area contributed by atoms with Gasteiger partial charge in [0.2, 0.25) is 10.0 Å². The van der Waals surface area contributed by atoms with Crippen LogP contribution in [0.5, 0.6) is 5.75 Å². The van der Waals surface area contributed by atoms with Crippen molar-refractivity contribution in [1.29, 1.82) is 0 Å².